The largest absolute Gasteiger partial charge is 0.345 e. The van der Waals surface area contributed by atoms with E-state index in [-0.39, 0.29) is 11.4 Å². The number of rotatable bonds is 4. The summed E-state index contributed by atoms with van der Waals surface area (Å²) < 4.78 is 0. The van der Waals surface area contributed by atoms with E-state index in [1.165, 1.54) is 11.3 Å². The zero-order valence-electron chi connectivity index (χ0n) is 9.41. The van der Waals surface area contributed by atoms with Crippen LogP contribution in [0.4, 0.5) is 0 Å². The van der Waals surface area contributed by atoms with Crippen LogP contribution in [0.2, 0.25) is 0 Å². The Hall–Kier alpha value is -0.870. The third-order valence-electron chi connectivity index (χ3n) is 2.84. The highest BCUT2D eigenvalue weighted by atomic mass is 32.1. The van der Waals surface area contributed by atoms with Crippen LogP contribution < -0.4 is 11.1 Å². The monoisotopic (exact) mass is 226 g/mol. The molecule has 1 atom stereocenters. The fourth-order valence-electron chi connectivity index (χ4n) is 1.16. The molecule has 1 aromatic rings. The van der Waals surface area contributed by atoms with Crippen molar-refractivity contribution < 1.29 is 4.79 Å². The Kier molecular flexibility index (Phi) is 3.88. The predicted molar refractivity (Wildman–Crippen MR) is 64.1 cm³/mol. The van der Waals surface area contributed by atoms with Crippen molar-refractivity contribution in [3.05, 3.63) is 22.4 Å². The summed E-state index contributed by atoms with van der Waals surface area (Å²) in [5, 5.41) is 4.88. The highest BCUT2D eigenvalue weighted by molar-refractivity contribution is 7.12. The minimum Gasteiger partial charge on any atom is -0.345 e. The fraction of sp³-hybridized carbons (Fsp3) is 0.545. The molecule has 1 rings (SSSR count). The average Bonchev–Trinajstić information content (AvgIpc) is 2.70. The molecule has 3 N–H and O–H groups in total. The van der Waals surface area contributed by atoms with Gasteiger partial charge in [-0.1, -0.05) is 19.9 Å². The zero-order valence-corrected chi connectivity index (χ0v) is 10.2. The quantitative estimate of drug-likeness (QED) is 0.823. The number of nitrogens with one attached hydrogen (secondary N) is 1. The summed E-state index contributed by atoms with van der Waals surface area (Å²) in [5.74, 6) is 0.276. The van der Waals surface area contributed by atoms with Gasteiger partial charge >= 0.3 is 0 Å². The molecule has 4 heteroatoms. The molecule has 0 saturated heterocycles. The van der Waals surface area contributed by atoms with E-state index in [1.54, 1.807) is 0 Å². The van der Waals surface area contributed by atoms with E-state index < -0.39 is 0 Å². The molecule has 0 bridgehead atoms. The number of carbonyl (C=O) groups is 1. The second-order valence-electron chi connectivity index (χ2n) is 4.21. The maximum absolute atomic E-state index is 11.8. The molecule has 1 amide bonds. The summed E-state index contributed by atoms with van der Waals surface area (Å²) in [4.78, 5) is 12.6. The van der Waals surface area contributed by atoms with E-state index >= 15 is 0 Å². The summed E-state index contributed by atoms with van der Waals surface area (Å²) in [7, 11) is 0. The molecule has 0 aliphatic heterocycles. The molecule has 0 aromatic carbocycles. The fourth-order valence-corrected chi connectivity index (χ4v) is 1.78. The molecule has 1 unspecified atom stereocenters. The van der Waals surface area contributed by atoms with Gasteiger partial charge in [0.25, 0.3) is 5.91 Å². The minimum atomic E-state index is -0.332. The molecule has 15 heavy (non-hydrogen) atoms. The smallest absolute Gasteiger partial charge is 0.261 e. The molecule has 1 heterocycles. The first-order valence-corrected chi connectivity index (χ1v) is 5.93. The van der Waals surface area contributed by atoms with E-state index in [1.807, 2.05) is 24.4 Å². The molecule has 0 aliphatic carbocycles. The Bertz CT molecular complexity index is 321. The number of amides is 1. The Morgan fingerprint density at radius 2 is 2.33 bits per heavy atom. The lowest BCUT2D eigenvalue weighted by Gasteiger charge is -2.33. The molecule has 0 saturated carbocycles. The van der Waals surface area contributed by atoms with E-state index in [0.717, 1.165) is 4.88 Å². The van der Waals surface area contributed by atoms with Crippen molar-refractivity contribution in [3.63, 3.8) is 0 Å². The van der Waals surface area contributed by atoms with Gasteiger partial charge in [0.05, 0.1) is 10.4 Å². The van der Waals surface area contributed by atoms with Gasteiger partial charge in [-0.15, -0.1) is 11.3 Å². The molecule has 0 spiro atoms. The molecule has 1 aromatic heterocycles. The third kappa shape index (κ3) is 2.79. The van der Waals surface area contributed by atoms with Gasteiger partial charge in [0.15, 0.2) is 0 Å². The second-order valence-corrected chi connectivity index (χ2v) is 5.16. The van der Waals surface area contributed by atoms with Gasteiger partial charge in [0.2, 0.25) is 0 Å². The van der Waals surface area contributed by atoms with Gasteiger partial charge in [0, 0.05) is 6.54 Å². The summed E-state index contributed by atoms with van der Waals surface area (Å²) >= 11 is 1.44. The predicted octanol–water partition coefficient (Wildman–Crippen LogP) is 1.85. The maximum Gasteiger partial charge on any atom is 0.261 e. The Morgan fingerprint density at radius 3 is 2.73 bits per heavy atom. The van der Waals surface area contributed by atoms with Crippen LogP contribution in [0, 0.1) is 5.92 Å². The lowest BCUT2D eigenvalue weighted by atomic mass is 9.88. The van der Waals surface area contributed by atoms with Crippen LogP contribution in [0.3, 0.4) is 0 Å². The normalized spacial score (nSPS) is 15.0. The van der Waals surface area contributed by atoms with Crippen molar-refractivity contribution in [1.29, 1.82) is 0 Å². The van der Waals surface area contributed by atoms with Crippen LogP contribution in [0.5, 0.6) is 0 Å². The highest BCUT2D eigenvalue weighted by Gasteiger charge is 2.28. The number of hydrogen-bond donors (Lipinski definition) is 2. The zero-order chi connectivity index (χ0) is 11.5. The van der Waals surface area contributed by atoms with Gasteiger partial charge in [-0.25, -0.2) is 0 Å². The second kappa shape index (κ2) is 4.77. The number of thiophene rings is 1. The lowest BCUT2D eigenvalue weighted by Crippen LogP contribution is -2.54. The Morgan fingerprint density at radius 1 is 1.67 bits per heavy atom. The van der Waals surface area contributed by atoms with Crippen LogP contribution in [0.1, 0.15) is 30.4 Å². The number of nitrogens with two attached hydrogens (primary N) is 1. The maximum atomic E-state index is 11.8. The van der Waals surface area contributed by atoms with Crippen LogP contribution in [0.25, 0.3) is 0 Å². The van der Waals surface area contributed by atoms with Gasteiger partial charge in [-0.2, -0.15) is 0 Å². The first-order chi connectivity index (χ1) is 6.99. The molecular weight excluding hydrogens is 208 g/mol. The summed E-state index contributed by atoms with van der Waals surface area (Å²) in [6.07, 6.45) is 0. The molecule has 3 nitrogen and oxygen atoms in total. The van der Waals surface area contributed by atoms with E-state index in [4.69, 9.17) is 5.73 Å². The van der Waals surface area contributed by atoms with Crippen molar-refractivity contribution in [1.82, 2.24) is 5.32 Å². The summed E-state index contributed by atoms with van der Waals surface area (Å²) in [6.45, 7) is 6.54. The van der Waals surface area contributed by atoms with Gasteiger partial charge < -0.3 is 11.1 Å². The molecule has 84 valence electrons. The minimum absolute atomic E-state index is 0.0355. The van der Waals surface area contributed by atoms with Crippen molar-refractivity contribution >= 4 is 17.2 Å². The molecular formula is C11H18N2OS. The van der Waals surface area contributed by atoms with Crippen LogP contribution >= 0.6 is 11.3 Å². The van der Waals surface area contributed by atoms with Gasteiger partial charge in [-0.3, -0.25) is 4.79 Å². The standard InChI is InChI=1S/C11H18N2OS/c1-8(2)11(3,7-12)13-10(14)9-5-4-6-15-9/h4-6,8H,7,12H2,1-3H3,(H,13,14). The van der Waals surface area contributed by atoms with E-state index in [9.17, 15) is 4.79 Å². The third-order valence-corrected chi connectivity index (χ3v) is 3.71. The van der Waals surface area contributed by atoms with Crippen molar-refractivity contribution in [2.45, 2.75) is 26.3 Å². The SMILES string of the molecule is CC(C)C(C)(CN)NC(=O)c1cccs1. The molecule has 0 radical (unpaired) electrons. The van der Waals surface area contributed by atoms with E-state index in [0.29, 0.717) is 12.5 Å². The summed E-state index contributed by atoms with van der Waals surface area (Å²) in [5.41, 5.74) is 5.37. The van der Waals surface area contributed by atoms with Crippen molar-refractivity contribution in [2.75, 3.05) is 6.54 Å². The van der Waals surface area contributed by atoms with Crippen molar-refractivity contribution in [3.8, 4) is 0 Å². The molecule has 0 fully saturated rings. The summed E-state index contributed by atoms with van der Waals surface area (Å²) in [6, 6.07) is 3.69. The number of hydrogen-bond acceptors (Lipinski definition) is 3. The first-order valence-electron chi connectivity index (χ1n) is 5.05. The molecule has 0 aliphatic rings. The van der Waals surface area contributed by atoms with Crippen LogP contribution in [-0.2, 0) is 0 Å². The Balaban J connectivity index is 2.72. The Labute approximate surface area is 94.7 Å². The van der Waals surface area contributed by atoms with E-state index in [2.05, 4.69) is 19.2 Å². The van der Waals surface area contributed by atoms with Crippen LogP contribution in [0.15, 0.2) is 17.5 Å². The van der Waals surface area contributed by atoms with Crippen LogP contribution in [-0.4, -0.2) is 18.0 Å². The van der Waals surface area contributed by atoms with Gasteiger partial charge in [0.1, 0.15) is 0 Å². The topological polar surface area (TPSA) is 55.1 Å². The lowest BCUT2D eigenvalue weighted by molar-refractivity contribution is 0.0887. The van der Waals surface area contributed by atoms with Gasteiger partial charge in [-0.05, 0) is 24.3 Å². The van der Waals surface area contributed by atoms with Crippen molar-refractivity contribution in [2.24, 2.45) is 11.7 Å². The average molecular weight is 226 g/mol. The highest BCUT2D eigenvalue weighted by Crippen LogP contribution is 2.17. The first kappa shape index (κ1) is 12.2. The number of carbonyl (C=O) groups excluding carboxylic acids is 1.